The summed E-state index contributed by atoms with van der Waals surface area (Å²) in [6, 6.07) is 4.25. The molecule has 1 unspecified atom stereocenters. The lowest BCUT2D eigenvalue weighted by atomic mass is 10.1. The van der Waals surface area contributed by atoms with Crippen molar-refractivity contribution >= 4 is 15.9 Å². The van der Waals surface area contributed by atoms with Crippen molar-refractivity contribution in [1.29, 1.82) is 0 Å². The predicted octanol–water partition coefficient (Wildman–Crippen LogP) is 2.61. The van der Waals surface area contributed by atoms with E-state index < -0.39 is 0 Å². The second-order valence-corrected chi connectivity index (χ2v) is 3.63. The van der Waals surface area contributed by atoms with Crippen molar-refractivity contribution < 1.29 is 4.39 Å². The summed E-state index contributed by atoms with van der Waals surface area (Å²) in [5.74, 6) is 2.13. The molecule has 3 heteroatoms. The molecule has 0 fully saturated rings. The van der Waals surface area contributed by atoms with Gasteiger partial charge in [0.1, 0.15) is 5.82 Å². The lowest BCUT2D eigenvalue weighted by Gasteiger charge is -2.08. The molecule has 1 atom stereocenters. The number of hydrogen-bond acceptors (Lipinski definition) is 1. The van der Waals surface area contributed by atoms with Crippen LogP contribution in [0.4, 0.5) is 4.39 Å². The van der Waals surface area contributed by atoms with Crippen LogP contribution in [0.1, 0.15) is 18.0 Å². The normalized spacial score (nSPS) is 12.2. The predicted molar refractivity (Wildman–Crippen MR) is 54.5 cm³/mol. The summed E-state index contributed by atoms with van der Waals surface area (Å²) < 4.78 is 13.6. The van der Waals surface area contributed by atoms with Crippen LogP contribution in [0, 0.1) is 18.2 Å². The Kier molecular flexibility index (Phi) is 3.47. The third kappa shape index (κ3) is 2.83. The van der Waals surface area contributed by atoms with Crippen molar-refractivity contribution in [1.82, 2.24) is 0 Å². The van der Waals surface area contributed by atoms with E-state index in [9.17, 15) is 4.39 Å². The van der Waals surface area contributed by atoms with Crippen molar-refractivity contribution in [2.75, 3.05) is 0 Å². The molecule has 1 rings (SSSR count). The van der Waals surface area contributed by atoms with Crippen molar-refractivity contribution in [2.45, 2.75) is 12.5 Å². The topological polar surface area (TPSA) is 26.0 Å². The maximum absolute atomic E-state index is 12.9. The van der Waals surface area contributed by atoms with E-state index in [-0.39, 0.29) is 11.9 Å². The maximum Gasteiger partial charge on any atom is 0.124 e. The largest absolute Gasteiger partial charge is 0.323 e. The van der Waals surface area contributed by atoms with Gasteiger partial charge in [0, 0.05) is 16.9 Å². The molecule has 0 amide bonds. The van der Waals surface area contributed by atoms with Crippen LogP contribution in [-0.2, 0) is 0 Å². The number of halogens is 2. The van der Waals surface area contributed by atoms with Crippen molar-refractivity contribution in [3.63, 3.8) is 0 Å². The zero-order valence-corrected chi connectivity index (χ0v) is 8.51. The highest BCUT2D eigenvalue weighted by atomic mass is 79.9. The molecule has 0 bridgehead atoms. The fourth-order valence-corrected chi connectivity index (χ4v) is 1.52. The van der Waals surface area contributed by atoms with E-state index in [1.807, 2.05) is 0 Å². The fourth-order valence-electron chi connectivity index (χ4n) is 1.03. The fraction of sp³-hybridized carbons (Fsp3) is 0.200. The second kappa shape index (κ2) is 4.40. The summed E-state index contributed by atoms with van der Waals surface area (Å²) in [5, 5.41) is 0. The van der Waals surface area contributed by atoms with Crippen LogP contribution in [-0.4, -0.2) is 0 Å². The zero-order valence-electron chi connectivity index (χ0n) is 6.93. The Labute approximate surface area is 85.3 Å². The summed E-state index contributed by atoms with van der Waals surface area (Å²) in [6.07, 6.45) is 5.52. The average molecular weight is 242 g/mol. The Morgan fingerprint density at radius 1 is 1.54 bits per heavy atom. The van der Waals surface area contributed by atoms with E-state index in [0.29, 0.717) is 16.5 Å². The molecule has 68 valence electrons. The highest BCUT2D eigenvalue weighted by molar-refractivity contribution is 9.10. The number of rotatable bonds is 2. The molecule has 0 saturated carbocycles. The van der Waals surface area contributed by atoms with E-state index in [4.69, 9.17) is 12.2 Å². The van der Waals surface area contributed by atoms with Gasteiger partial charge in [-0.05, 0) is 23.8 Å². The van der Waals surface area contributed by atoms with Crippen LogP contribution in [0.5, 0.6) is 0 Å². The van der Waals surface area contributed by atoms with Gasteiger partial charge in [-0.3, -0.25) is 0 Å². The molecule has 0 saturated heterocycles. The molecule has 0 radical (unpaired) electrons. The van der Waals surface area contributed by atoms with Crippen molar-refractivity contribution in [2.24, 2.45) is 5.73 Å². The van der Waals surface area contributed by atoms with Crippen LogP contribution >= 0.6 is 15.9 Å². The molecule has 13 heavy (non-hydrogen) atoms. The number of hydrogen-bond donors (Lipinski definition) is 1. The maximum atomic E-state index is 12.9. The van der Waals surface area contributed by atoms with Crippen molar-refractivity contribution in [3.8, 4) is 12.3 Å². The first-order chi connectivity index (χ1) is 6.13. The number of benzene rings is 1. The number of terminal acetylenes is 1. The third-order valence-electron chi connectivity index (χ3n) is 1.65. The molecule has 1 nitrogen and oxygen atoms in total. The molecule has 0 aliphatic rings. The smallest absolute Gasteiger partial charge is 0.124 e. The van der Waals surface area contributed by atoms with Gasteiger partial charge in [0.2, 0.25) is 0 Å². The Morgan fingerprint density at radius 3 is 2.77 bits per heavy atom. The summed E-state index contributed by atoms with van der Waals surface area (Å²) >= 11 is 3.19. The van der Waals surface area contributed by atoms with Gasteiger partial charge in [-0.25, -0.2) is 4.39 Å². The summed E-state index contributed by atoms with van der Waals surface area (Å²) in [5.41, 5.74) is 6.43. The van der Waals surface area contributed by atoms with Gasteiger partial charge in [0.05, 0.1) is 0 Å². The van der Waals surface area contributed by atoms with E-state index in [0.717, 1.165) is 0 Å². The lowest BCUT2D eigenvalue weighted by molar-refractivity contribution is 0.619. The molecule has 0 spiro atoms. The standard InChI is InChI=1S/C10H9BrFN/c1-2-3-10(13)7-4-8(11)6-9(12)5-7/h1,4-6,10H,3,13H2. The summed E-state index contributed by atoms with van der Waals surface area (Å²) in [7, 11) is 0. The Morgan fingerprint density at radius 2 is 2.23 bits per heavy atom. The van der Waals surface area contributed by atoms with Crippen molar-refractivity contribution in [3.05, 3.63) is 34.1 Å². The van der Waals surface area contributed by atoms with Crippen LogP contribution in [0.25, 0.3) is 0 Å². The highest BCUT2D eigenvalue weighted by Crippen LogP contribution is 2.20. The number of nitrogens with two attached hydrogens (primary N) is 1. The van der Waals surface area contributed by atoms with E-state index in [1.165, 1.54) is 12.1 Å². The molecule has 0 aliphatic carbocycles. The Bertz CT molecular complexity index is 323. The molecular weight excluding hydrogens is 233 g/mol. The van der Waals surface area contributed by atoms with Gasteiger partial charge in [-0.2, -0.15) is 0 Å². The van der Waals surface area contributed by atoms with Crippen LogP contribution in [0.3, 0.4) is 0 Å². The van der Waals surface area contributed by atoms with Gasteiger partial charge >= 0.3 is 0 Å². The van der Waals surface area contributed by atoms with Crippen LogP contribution in [0.2, 0.25) is 0 Å². The van der Waals surface area contributed by atoms with Gasteiger partial charge in [0.15, 0.2) is 0 Å². The molecule has 1 aromatic rings. The molecule has 0 aliphatic heterocycles. The molecule has 1 aromatic carbocycles. The quantitative estimate of drug-likeness (QED) is 0.792. The van der Waals surface area contributed by atoms with Gasteiger partial charge in [-0.1, -0.05) is 15.9 Å². The van der Waals surface area contributed by atoms with Crippen LogP contribution in [0.15, 0.2) is 22.7 Å². The van der Waals surface area contributed by atoms with E-state index in [1.54, 1.807) is 6.07 Å². The van der Waals surface area contributed by atoms with E-state index >= 15 is 0 Å². The monoisotopic (exact) mass is 241 g/mol. The Hall–Kier alpha value is -0.850. The first kappa shape index (κ1) is 10.2. The minimum absolute atomic E-state index is 0.294. The lowest BCUT2D eigenvalue weighted by Crippen LogP contribution is -2.09. The molecule has 2 N–H and O–H groups in total. The Balaban J connectivity index is 2.95. The summed E-state index contributed by atoms with van der Waals surface area (Å²) in [6.45, 7) is 0. The molecular formula is C10H9BrFN. The van der Waals surface area contributed by atoms with E-state index in [2.05, 4.69) is 21.9 Å². The molecule has 0 aromatic heterocycles. The average Bonchev–Trinajstić information content (AvgIpc) is 2.03. The van der Waals surface area contributed by atoms with Gasteiger partial charge < -0.3 is 5.73 Å². The zero-order chi connectivity index (χ0) is 9.84. The SMILES string of the molecule is C#CCC(N)c1cc(F)cc(Br)c1. The summed E-state index contributed by atoms with van der Waals surface area (Å²) in [4.78, 5) is 0. The first-order valence-electron chi connectivity index (χ1n) is 3.78. The van der Waals surface area contributed by atoms with Gasteiger partial charge in [0.25, 0.3) is 0 Å². The van der Waals surface area contributed by atoms with Gasteiger partial charge in [-0.15, -0.1) is 12.3 Å². The van der Waals surface area contributed by atoms with Crippen LogP contribution < -0.4 is 5.73 Å². The first-order valence-corrected chi connectivity index (χ1v) is 4.58. The molecule has 0 heterocycles. The minimum atomic E-state index is -0.308. The second-order valence-electron chi connectivity index (χ2n) is 2.72. The third-order valence-corrected chi connectivity index (χ3v) is 2.11. The minimum Gasteiger partial charge on any atom is -0.323 e. The highest BCUT2D eigenvalue weighted by Gasteiger charge is 2.06.